The molecule has 7 heteroatoms. The Bertz CT molecular complexity index is 756. The maximum absolute atomic E-state index is 12.5. The second kappa shape index (κ2) is 10.1. The number of rotatable bonds is 9. The van der Waals surface area contributed by atoms with Crippen molar-refractivity contribution >= 4 is 23.2 Å². The number of ether oxygens (including phenoxy) is 1. The Morgan fingerprint density at radius 2 is 1.96 bits per heavy atom. The number of nitrogens with zero attached hydrogens (tertiary/aromatic N) is 2. The molecular formula is C20H27N3O3S. The number of nitrogens with one attached hydrogen (secondary N) is 1. The fourth-order valence-corrected chi connectivity index (χ4v) is 3.17. The number of carbonyl (C=O) groups is 2. The van der Waals surface area contributed by atoms with Crippen LogP contribution in [-0.4, -0.2) is 40.8 Å². The van der Waals surface area contributed by atoms with Gasteiger partial charge in [0.2, 0.25) is 11.8 Å². The van der Waals surface area contributed by atoms with Crippen molar-refractivity contribution < 1.29 is 14.3 Å². The SMILES string of the molecule is CCN(CC(=O)NC(C)C)C(=O)Cc1csc(COc2ccc(C)cc2)n1. The van der Waals surface area contributed by atoms with Crippen molar-refractivity contribution in [3.05, 3.63) is 45.9 Å². The average molecular weight is 390 g/mol. The molecule has 0 atom stereocenters. The first-order chi connectivity index (χ1) is 12.9. The molecule has 0 aliphatic rings. The molecule has 1 heterocycles. The van der Waals surface area contributed by atoms with Crippen LogP contribution in [0.2, 0.25) is 0 Å². The smallest absolute Gasteiger partial charge is 0.239 e. The number of benzene rings is 1. The quantitative estimate of drug-likeness (QED) is 0.716. The number of hydrogen-bond donors (Lipinski definition) is 1. The maximum atomic E-state index is 12.5. The van der Waals surface area contributed by atoms with Gasteiger partial charge in [-0.3, -0.25) is 9.59 Å². The third-order valence-corrected chi connectivity index (χ3v) is 4.70. The number of hydrogen-bond acceptors (Lipinski definition) is 5. The molecular weight excluding hydrogens is 362 g/mol. The summed E-state index contributed by atoms with van der Waals surface area (Å²) in [5, 5.41) is 5.49. The minimum Gasteiger partial charge on any atom is -0.486 e. The van der Waals surface area contributed by atoms with Crippen LogP contribution in [0.5, 0.6) is 5.75 Å². The standard InChI is InChI=1S/C20H27N3O3S/c1-5-23(11-18(24)21-14(2)3)20(25)10-16-13-27-19(22-16)12-26-17-8-6-15(4)7-9-17/h6-9,13-14H,5,10-12H2,1-4H3,(H,21,24). The Labute approximate surface area is 164 Å². The highest BCUT2D eigenvalue weighted by Gasteiger charge is 2.17. The van der Waals surface area contributed by atoms with Crippen LogP contribution in [-0.2, 0) is 22.6 Å². The summed E-state index contributed by atoms with van der Waals surface area (Å²) in [7, 11) is 0. The highest BCUT2D eigenvalue weighted by atomic mass is 32.1. The van der Waals surface area contributed by atoms with Crippen molar-refractivity contribution in [3.8, 4) is 5.75 Å². The summed E-state index contributed by atoms with van der Waals surface area (Å²) in [6, 6.07) is 7.90. The van der Waals surface area contributed by atoms with E-state index >= 15 is 0 Å². The lowest BCUT2D eigenvalue weighted by Gasteiger charge is -2.20. The third kappa shape index (κ3) is 7.02. The molecule has 0 aliphatic heterocycles. The summed E-state index contributed by atoms with van der Waals surface area (Å²) in [5.41, 5.74) is 1.88. The molecule has 2 aromatic rings. The zero-order valence-corrected chi connectivity index (χ0v) is 17.1. The van der Waals surface area contributed by atoms with Crippen molar-refractivity contribution in [1.29, 1.82) is 0 Å². The van der Waals surface area contributed by atoms with Gasteiger partial charge >= 0.3 is 0 Å². The van der Waals surface area contributed by atoms with E-state index in [4.69, 9.17) is 4.74 Å². The van der Waals surface area contributed by atoms with Crippen LogP contribution >= 0.6 is 11.3 Å². The number of thiazole rings is 1. The minimum atomic E-state index is -0.148. The molecule has 1 aromatic carbocycles. The van der Waals surface area contributed by atoms with Crippen LogP contribution in [0.1, 0.15) is 37.0 Å². The lowest BCUT2D eigenvalue weighted by atomic mass is 10.2. The molecule has 6 nitrogen and oxygen atoms in total. The fourth-order valence-electron chi connectivity index (χ4n) is 2.46. The molecule has 0 unspecified atom stereocenters. The van der Waals surface area contributed by atoms with Gasteiger partial charge in [0.25, 0.3) is 0 Å². The molecule has 0 bridgehead atoms. The predicted octanol–water partition coefficient (Wildman–Crippen LogP) is 2.95. The van der Waals surface area contributed by atoms with E-state index in [-0.39, 0.29) is 30.8 Å². The van der Waals surface area contributed by atoms with Crippen molar-refractivity contribution in [3.63, 3.8) is 0 Å². The maximum Gasteiger partial charge on any atom is 0.239 e. The zero-order valence-electron chi connectivity index (χ0n) is 16.3. The van der Waals surface area contributed by atoms with Gasteiger partial charge in [-0.2, -0.15) is 0 Å². The van der Waals surface area contributed by atoms with Gasteiger partial charge in [0.1, 0.15) is 17.4 Å². The van der Waals surface area contributed by atoms with E-state index in [0.717, 1.165) is 10.8 Å². The van der Waals surface area contributed by atoms with Crippen LogP contribution in [0.4, 0.5) is 0 Å². The average Bonchev–Trinajstić information content (AvgIpc) is 3.05. The Balaban J connectivity index is 1.86. The Morgan fingerprint density at radius 3 is 2.59 bits per heavy atom. The van der Waals surface area contributed by atoms with Crippen LogP contribution in [0.3, 0.4) is 0 Å². The highest BCUT2D eigenvalue weighted by Crippen LogP contribution is 2.16. The molecule has 0 radical (unpaired) electrons. The van der Waals surface area contributed by atoms with Gasteiger partial charge in [0, 0.05) is 18.0 Å². The number of carbonyl (C=O) groups excluding carboxylic acids is 2. The minimum absolute atomic E-state index is 0.0564. The van der Waals surface area contributed by atoms with Crippen LogP contribution in [0, 0.1) is 6.92 Å². The Hall–Kier alpha value is -2.41. The molecule has 0 saturated carbocycles. The van der Waals surface area contributed by atoms with Crippen molar-refractivity contribution in [2.45, 2.75) is 46.8 Å². The summed E-state index contributed by atoms with van der Waals surface area (Å²) in [4.78, 5) is 30.4. The normalized spacial score (nSPS) is 10.7. The summed E-state index contributed by atoms with van der Waals surface area (Å²) in [5.74, 6) is 0.542. The van der Waals surface area contributed by atoms with Crippen molar-refractivity contribution in [1.82, 2.24) is 15.2 Å². The van der Waals surface area contributed by atoms with E-state index in [2.05, 4.69) is 10.3 Å². The van der Waals surface area contributed by atoms with Gasteiger partial charge in [-0.15, -0.1) is 11.3 Å². The fraction of sp³-hybridized carbons (Fsp3) is 0.450. The van der Waals surface area contributed by atoms with E-state index in [1.165, 1.54) is 16.9 Å². The van der Waals surface area contributed by atoms with E-state index < -0.39 is 0 Å². The van der Waals surface area contributed by atoms with E-state index in [0.29, 0.717) is 18.8 Å². The van der Waals surface area contributed by atoms with Crippen LogP contribution in [0.25, 0.3) is 0 Å². The first-order valence-electron chi connectivity index (χ1n) is 9.07. The molecule has 1 aromatic heterocycles. The van der Waals surface area contributed by atoms with Gasteiger partial charge in [-0.1, -0.05) is 17.7 Å². The number of likely N-dealkylation sites (N-methyl/N-ethyl adjacent to an activating group) is 1. The molecule has 1 N–H and O–H groups in total. The van der Waals surface area contributed by atoms with Gasteiger partial charge < -0.3 is 15.0 Å². The number of aromatic nitrogens is 1. The second-order valence-corrected chi connectivity index (χ2v) is 7.58. The first-order valence-corrected chi connectivity index (χ1v) is 9.95. The van der Waals surface area contributed by atoms with E-state index in [9.17, 15) is 9.59 Å². The zero-order chi connectivity index (χ0) is 19.8. The summed E-state index contributed by atoms with van der Waals surface area (Å²) in [6.45, 7) is 8.61. The van der Waals surface area contributed by atoms with Gasteiger partial charge in [-0.05, 0) is 39.8 Å². The molecule has 0 aliphatic carbocycles. The molecule has 27 heavy (non-hydrogen) atoms. The molecule has 0 fully saturated rings. The lowest BCUT2D eigenvalue weighted by molar-refractivity contribution is -0.135. The van der Waals surface area contributed by atoms with Crippen molar-refractivity contribution in [2.24, 2.45) is 0 Å². The lowest BCUT2D eigenvalue weighted by Crippen LogP contribution is -2.43. The monoisotopic (exact) mass is 389 g/mol. The second-order valence-electron chi connectivity index (χ2n) is 6.64. The summed E-state index contributed by atoms with van der Waals surface area (Å²) < 4.78 is 5.72. The van der Waals surface area contributed by atoms with E-state index in [1.54, 1.807) is 4.90 Å². The Kier molecular flexibility index (Phi) is 7.79. The molecule has 146 valence electrons. The summed E-state index contributed by atoms with van der Waals surface area (Å²) >= 11 is 1.47. The highest BCUT2D eigenvalue weighted by molar-refractivity contribution is 7.09. The number of amides is 2. The number of aryl methyl sites for hydroxylation is 1. The molecule has 0 saturated heterocycles. The molecule has 2 amide bonds. The van der Waals surface area contributed by atoms with Crippen LogP contribution < -0.4 is 10.1 Å². The van der Waals surface area contributed by atoms with Crippen molar-refractivity contribution in [2.75, 3.05) is 13.1 Å². The largest absolute Gasteiger partial charge is 0.486 e. The Morgan fingerprint density at radius 1 is 1.26 bits per heavy atom. The topological polar surface area (TPSA) is 71.5 Å². The molecule has 2 rings (SSSR count). The third-order valence-electron chi connectivity index (χ3n) is 3.83. The van der Waals surface area contributed by atoms with E-state index in [1.807, 2.05) is 57.3 Å². The van der Waals surface area contributed by atoms with Gasteiger partial charge in [-0.25, -0.2) is 4.98 Å². The van der Waals surface area contributed by atoms with Gasteiger partial charge in [0.15, 0.2) is 0 Å². The van der Waals surface area contributed by atoms with Crippen LogP contribution in [0.15, 0.2) is 29.6 Å². The summed E-state index contributed by atoms with van der Waals surface area (Å²) in [6.07, 6.45) is 0.184. The first kappa shape index (κ1) is 20.9. The molecule has 0 spiro atoms. The van der Waals surface area contributed by atoms with Gasteiger partial charge in [0.05, 0.1) is 18.7 Å². The predicted molar refractivity (Wildman–Crippen MR) is 107 cm³/mol.